The molecule has 1 aromatic rings. The summed E-state index contributed by atoms with van der Waals surface area (Å²) in [6.07, 6.45) is -0.293. The van der Waals surface area contributed by atoms with Crippen molar-refractivity contribution in [1.29, 1.82) is 0 Å². The van der Waals surface area contributed by atoms with Crippen molar-refractivity contribution in [2.24, 2.45) is 11.7 Å². The maximum Gasteiger partial charge on any atom is 0.250 e. The maximum atomic E-state index is 11.9. The summed E-state index contributed by atoms with van der Waals surface area (Å²) in [4.78, 5) is 23.3. The van der Waals surface area contributed by atoms with Crippen molar-refractivity contribution >= 4 is 24.2 Å². The second-order valence-electron chi connectivity index (χ2n) is 5.32. The van der Waals surface area contributed by atoms with E-state index in [-0.39, 0.29) is 24.2 Å². The molecule has 0 spiro atoms. The predicted octanol–water partition coefficient (Wildman–Crippen LogP) is -0.0610. The molecule has 22 heavy (non-hydrogen) atoms. The fraction of sp³-hybridized carbons (Fsp3) is 0.467. The van der Waals surface area contributed by atoms with Gasteiger partial charge in [0.25, 0.3) is 5.91 Å². The zero-order valence-electron chi connectivity index (χ0n) is 12.2. The summed E-state index contributed by atoms with van der Waals surface area (Å²) >= 11 is 0. The average Bonchev–Trinajstić information content (AvgIpc) is 2.90. The fourth-order valence-corrected chi connectivity index (χ4v) is 2.41. The monoisotopic (exact) mass is 327 g/mol. The number of halogens is 1. The van der Waals surface area contributed by atoms with Gasteiger partial charge in [0.05, 0.1) is 0 Å². The van der Waals surface area contributed by atoms with Crippen LogP contribution in [0.5, 0.6) is 0 Å². The van der Waals surface area contributed by atoms with Crippen molar-refractivity contribution in [1.82, 2.24) is 10.6 Å². The summed E-state index contributed by atoms with van der Waals surface area (Å²) < 4.78 is 0. The summed E-state index contributed by atoms with van der Waals surface area (Å²) in [5, 5.41) is 15.3. The van der Waals surface area contributed by atoms with Crippen molar-refractivity contribution in [3.63, 3.8) is 0 Å². The van der Waals surface area contributed by atoms with Crippen LogP contribution in [0.1, 0.15) is 18.4 Å². The van der Waals surface area contributed by atoms with Crippen LogP contribution in [0.25, 0.3) is 0 Å². The van der Waals surface area contributed by atoms with E-state index in [1.807, 2.05) is 30.3 Å². The number of carbonyl (C=O) groups is 2. The van der Waals surface area contributed by atoms with E-state index in [0.717, 1.165) is 5.56 Å². The number of carbonyl (C=O) groups excluding carboxylic acids is 2. The first-order valence-corrected chi connectivity index (χ1v) is 7.11. The minimum absolute atomic E-state index is 0. The number of nitrogens with two attached hydrogens (primary N) is 1. The molecule has 3 atom stereocenters. The third kappa shape index (κ3) is 4.98. The second-order valence-corrected chi connectivity index (χ2v) is 5.32. The molecule has 2 amide bonds. The lowest BCUT2D eigenvalue weighted by Gasteiger charge is -2.20. The van der Waals surface area contributed by atoms with Gasteiger partial charge in [-0.15, -0.1) is 12.4 Å². The Morgan fingerprint density at radius 3 is 2.68 bits per heavy atom. The number of nitrogens with one attached hydrogen (secondary N) is 2. The first-order valence-electron chi connectivity index (χ1n) is 7.11. The van der Waals surface area contributed by atoms with Crippen LogP contribution in [0.3, 0.4) is 0 Å². The molecule has 1 unspecified atom stereocenters. The Balaban J connectivity index is 0.00000242. The van der Waals surface area contributed by atoms with Gasteiger partial charge in [0.2, 0.25) is 5.91 Å². The zero-order chi connectivity index (χ0) is 15.2. The van der Waals surface area contributed by atoms with Crippen molar-refractivity contribution in [3.05, 3.63) is 35.9 Å². The molecular weight excluding hydrogens is 306 g/mol. The topological polar surface area (TPSA) is 104 Å². The maximum absolute atomic E-state index is 11.9. The third-order valence-corrected chi connectivity index (χ3v) is 3.70. The minimum Gasteiger partial charge on any atom is -0.382 e. The van der Waals surface area contributed by atoms with E-state index in [0.29, 0.717) is 25.9 Å². The van der Waals surface area contributed by atoms with Crippen molar-refractivity contribution < 1.29 is 14.7 Å². The number of rotatable bonds is 6. The molecule has 1 heterocycles. The molecule has 0 bridgehead atoms. The molecular formula is C15H22ClN3O3. The normalized spacial score (nSPS) is 19.7. The van der Waals surface area contributed by atoms with E-state index in [4.69, 9.17) is 5.73 Å². The summed E-state index contributed by atoms with van der Waals surface area (Å²) in [6.45, 7) is 0.972. The SMILES string of the molecule is Cl.NC(C[C@@H]1CCNC1=O)[C@H](O)C(=O)NCc1ccccc1. The molecule has 0 radical (unpaired) electrons. The summed E-state index contributed by atoms with van der Waals surface area (Å²) in [5.41, 5.74) is 6.78. The lowest BCUT2D eigenvalue weighted by atomic mass is 9.95. The molecule has 0 saturated carbocycles. The van der Waals surface area contributed by atoms with Crippen LogP contribution < -0.4 is 16.4 Å². The number of aliphatic hydroxyl groups excluding tert-OH is 1. The summed E-state index contributed by atoms with van der Waals surface area (Å²) in [5.74, 6) is -0.774. The van der Waals surface area contributed by atoms with Gasteiger partial charge in [-0.3, -0.25) is 9.59 Å². The molecule has 5 N–H and O–H groups in total. The van der Waals surface area contributed by atoms with Gasteiger partial charge >= 0.3 is 0 Å². The molecule has 6 nitrogen and oxygen atoms in total. The minimum atomic E-state index is -1.30. The second kappa shape index (κ2) is 8.73. The summed E-state index contributed by atoms with van der Waals surface area (Å²) in [6, 6.07) is 8.67. The van der Waals surface area contributed by atoms with Crippen molar-refractivity contribution in [2.75, 3.05) is 6.54 Å². The lowest BCUT2D eigenvalue weighted by Crippen LogP contribution is -2.47. The Labute approximate surface area is 135 Å². The molecule has 122 valence electrons. The number of aliphatic hydroxyl groups is 1. The van der Waals surface area contributed by atoms with E-state index in [9.17, 15) is 14.7 Å². The van der Waals surface area contributed by atoms with Crippen LogP contribution in [0.2, 0.25) is 0 Å². The van der Waals surface area contributed by atoms with Gasteiger partial charge in [0.15, 0.2) is 0 Å². The number of hydrogen-bond donors (Lipinski definition) is 4. The third-order valence-electron chi connectivity index (χ3n) is 3.70. The Morgan fingerprint density at radius 1 is 1.41 bits per heavy atom. The molecule has 1 aliphatic heterocycles. The van der Waals surface area contributed by atoms with E-state index >= 15 is 0 Å². The number of hydrogen-bond acceptors (Lipinski definition) is 4. The lowest BCUT2D eigenvalue weighted by molar-refractivity contribution is -0.131. The first-order chi connectivity index (χ1) is 10.1. The van der Waals surface area contributed by atoms with Crippen molar-refractivity contribution in [2.45, 2.75) is 31.5 Å². The Bertz CT molecular complexity index is 498. The Morgan fingerprint density at radius 2 is 2.09 bits per heavy atom. The first kappa shape index (κ1) is 18.4. The van der Waals surface area contributed by atoms with Crippen LogP contribution in [0.15, 0.2) is 30.3 Å². The van der Waals surface area contributed by atoms with Gasteiger partial charge in [-0.2, -0.15) is 0 Å². The molecule has 1 aliphatic rings. The van der Waals surface area contributed by atoms with Crippen molar-refractivity contribution in [3.8, 4) is 0 Å². The molecule has 0 aromatic heterocycles. The molecule has 1 fully saturated rings. The standard InChI is InChI=1S/C15H21N3O3.ClH/c16-12(8-11-6-7-17-14(11)20)13(19)15(21)18-9-10-4-2-1-3-5-10;/h1-5,11-13,19H,6-9,16H2,(H,17,20)(H,18,21);1H/t11-,12?,13-;/m0./s1. The Hall–Kier alpha value is -1.63. The van der Waals surface area contributed by atoms with Gasteiger partial charge < -0.3 is 21.5 Å². The Kier molecular flexibility index (Phi) is 7.31. The quantitative estimate of drug-likeness (QED) is 0.587. The van der Waals surface area contributed by atoms with Crippen LogP contribution in [-0.2, 0) is 16.1 Å². The molecule has 7 heteroatoms. The van der Waals surface area contributed by atoms with Gasteiger partial charge in [0, 0.05) is 25.0 Å². The smallest absolute Gasteiger partial charge is 0.250 e. The van der Waals surface area contributed by atoms with Crippen LogP contribution in [0.4, 0.5) is 0 Å². The molecule has 1 aromatic carbocycles. The zero-order valence-corrected chi connectivity index (χ0v) is 13.0. The number of benzene rings is 1. The van der Waals surface area contributed by atoms with E-state index in [2.05, 4.69) is 10.6 Å². The molecule has 1 saturated heterocycles. The summed E-state index contributed by atoms with van der Waals surface area (Å²) in [7, 11) is 0. The largest absolute Gasteiger partial charge is 0.382 e. The number of amides is 2. The van der Waals surface area contributed by atoms with E-state index in [1.165, 1.54) is 0 Å². The van der Waals surface area contributed by atoms with Gasteiger partial charge in [0.1, 0.15) is 6.10 Å². The van der Waals surface area contributed by atoms with Gasteiger partial charge in [-0.25, -0.2) is 0 Å². The van der Waals surface area contributed by atoms with E-state index < -0.39 is 18.1 Å². The average molecular weight is 328 g/mol. The highest BCUT2D eigenvalue weighted by Crippen LogP contribution is 2.16. The van der Waals surface area contributed by atoms with Crippen LogP contribution >= 0.6 is 12.4 Å². The highest BCUT2D eigenvalue weighted by Gasteiger charge is 2.31. The van der Waals surface area contributed by atoms with Gasteiger partial charge in [-0.1, -0.05) is 30.3 Å². The van der Waals surface area contributed by atoms with E-state index in [1.54, 1.807) is 0 Å². The molecule has 0 aliphatic carbocycles. The fourth-order valence-electron chi connectivity index (χ4n) is 2.41. The highest BCUT2D eigenvalue weighted by molar-refractivity contribution is 5.85. The van der Waals surface area contributed by atoms with Gasteiger partial charge in [-0.05, 0) is 18.4 Å². The molecule has 2 rings (SSSR count). The predicted molar refractivity (Wildman–Crippen MR) is 85.3 cm³/mol. The van der Waals surface area contributed by atoms with Crippen LogP contribution in [-0.4, -0.2) is 35.6 Å². The van der Waals surface area contributed by atoms with Crippen LogP contribution in [0, 0.1) is 5.92 Å². The highest BCUT2D eigenvalue weighted by atomic mass is 35.5.